The number of hydrogen-bond donors (Lipinski definition) is 2. The number of thioether (sulfide) groups is 1. The van der Waals surface area contributed by atoms with Crippen LogP contribution in [0.3, 0.4) is 0 Å². The van der Waals surface area contributed by atoms with Crippen LogP contribution in [0.4, 0.5) is 0 Å². The van der Waals surface area contributed by atoms with Crippen molar-refractivity contribution in [3.8, 4) is 11.4 Å². The fourth-order valence-electron chi connectivity index (χ4n) is 2.30. The normalized spacial score (nSPS) is 10.7. The van der Waals surface area contributed by atoms with E-state index >= 15 is 0 Å². The lowest BCUT2D eigenvalue weighted by molar-refractivity contribution is -0.118. The lowest BCUT2D eigenvalue weighted by Gasteiger charge is -2.06. The van der Waals surface area contributed by atoms with Crippen LogP contribution in [0.15, 0.2) is 53.7 Å². The number of nitrogen functional groups attached to an aromatic ring is 1. The predicted octanol–water partition coefficient (Wildman–Crippen LogP) is 3.03. The fraction of sp³-hybridized carbons (Fsp3) is 0.167. The number of carbonyl (C=O) groups is 1. The highest BCUT2D eigenvalue weighted by Gasteiger charge is 2.13. The van der Waals surface area contributed by atoms with Gasteiger partial charge in [-0.15, -0.1) is 10.2 Å². The van der Waals surface area contributed by atoms with Gasteiger partial charge in [0.25, 0.3) is 0 Å². The molecule has 0 atom stereocenters. The van der Waals surface area contributed by atoms with E-state index < -0.39 is 0 Å². The van der Waals surface area contributed by atoms with Crippen molar-refractivity contribution in [1.82, 2.24) is 20.2 Å². The third kappa shape index (κ3) is 4.56. The molecule has 3 aromatic rings. The standard InChI is InChI=1S/C18H18ClN5OS/c1-12-5-7-14(8-6-12)17-22-23-18(24(17)20)26-11-16(25)21-10-13-3-2-4-15(19)9-13/h2-9H,10-11,20H2,1H3,(H,21,25). The van der Waals surface area contributed by atoms with E-state index in [1.54, 1.807) is 6.07 Å². The van der Waals surface area contributed by atoms with Gasteiger partial charge in [-0.25, -0.2) is 4.68 Å². The first-order valence-corrected chi connectivity index (χ1v) is 9.31. The maximum atomic E-state index is 12.0. The molecule has 3 N–H and O–H groups in total. The van der Waals surface area contributed by atoms with Crippen molar-refractivity contribution in [3.05, 3.63) is 64.7 Å². The number of nitrogens with one attached hydrogen (secondary N) is 1. The average Bonchev–Trinajstić information content (AvgIpc) is 3.00. The SMILES string of the molecule is Cc1ccc(-c2nnc(SCC(=O)NCc3cccc(Cl)c3)n2N)cc1. The van der Waals surface area contributed by atoms with Gasteiger partial charge in [0, 0.05) is 17.1 Å². The Hall–Kier alpha value is -2.51. The summed E-state index contributed by atoms with van der Waals surface area (Å²) in [5.41, 5.74) is 2.98. The molecule has 0 radical (unpaired) electrons. The lowest BCUT2D eigenvalue weighted by atomic mass is 10.1. The van der Waals surface area contributed by atoms with Gasteiger partial charge in [0.05, 0.1) is 5.75 Å². The van der Waals surface area contributed by atoms with Gasteiger partial charge >= 0.3 is 0 Å². The van der Waals surface area contributed by atoms with Crippen molar-refractivity contribution in [2.45, 2.75) is 18.6 Å². The van der Waals surface area contributed by atoms with Gasteiger partial charge in [0.2, 0.25) is 11.1 Å². The third-order valence-electron chi connectivity index (χ3n) is 3.69. The summed E-state index contributed by atoms with van der Waals surface area (Å²) in [5, 5.41) is 12.2. The molecule has 0 spiro atoms. The molecule has 0 bridgehead atoms. The van der Waals surface area contributed by atoms with Gasteiger partial charge in [0.1, 0.15) is 0 Å². The molecule has 0 saturated carbocycles. The second kappa shape index (κ2) is 8.25. The zero-order chi connectivity index (χ0) is 18.5. The average molecular weight is 388 g/mol. The largest absolute Gasteiger partial charge is 0.351 e. The number of hydrogen-bond acceptors (Lipinski definition) is 5. The predicted molar refractivity (Wildman–Crippen MR) is 104 cm³/mol. The van der Waals surface area contributed by atoms with E-state index in [1.165, 1.54) is 16.4 Å². The van der Waals surface area contributed by atoms with Crippen molar-refractivity contribution in [1.29, 1.82) is 0 Å². The molecule has 1 amide bonds. The van der Waals surface area contributed by atoms with Gasteiger partial charge in [-0.2, -0.15) is 0 Å². The first-order valence-electron chi connectivity index (χ1n) is 7.94. The number of benzene rings is 2. The van der Waals surface area contributed by atoms with Crippen LogP contribution in [0.1, 0.15) is 11.1 Å². The molecule has 134 valence electrons. The number of carbonyl (C=O) groups excluding carboxylic acids is 1. The van der Waals surface area contributed by atoms with E-state index in [9.17, 15) is 4.79 Å². The zero-order valence-electron chi connectivity index (χ0n) is 14.1. The molecule has 0 aliphatic heterocycles. The summed E-state index contributed by atoms with van der Waals surface area (Å²) in [5.74, 6) is 6.71. The minimum atomic E-state index is -0.116. The van der Waals surface area contributed by atoms with E-state index in [-0.39, 0.29) is 11.7 Å². The number of amides is 1. The van der Waals surface area contributed by atoms with Crippen LogP contribution < -0.4 is 11.2 Å². The van der Waals surface area contributed by atoms with Crippen molar-refractivity contribution >= 4 is 29.3 Å². The Morgan fingerprint density at radius 3 is 2.73 bits per heavy atom. The molecule has 0 fully saturated rings. The molecule has 2 aromatic carbocycles. The quantitative estimate of drug-likeness (QED) is 0.501. The maximum absolute atomic E-state index is 12.0. The molecule has 3 rings (SSSR count). The highest BCUT2D eigenvalue weighted by molar-refractivity contribution is 7.99. The summed E-state index contributed by atoms with van der Waals surface area (Å²) in [7, 11) is 0. The summed E-state index contributed by atoms with van der Waals surface area (Å²) < 4.78 is 1.40. The summed E-state index contributed by atoms with van der Waals surface area (Å²) >= 11 is 7.17. The monoisotopic (exact) mass is 387 g/mol. The fourth-order valence-corrected chi connectivity index (χ4v) is 3.20. The molecule has 0 unspecified atom stereocenters. The van der Waals surface area contributed by atoms with Crippen molar-refractivity contribution in [2.24, 2.45) is 0 Å². The summed E-state index contributed by atoms with van der Waals surface area (Å²) in [6, 6.07) is 15.2. The second-order valence-corrected chi connectivity index (χ2v) is 7.12. The summed E-state index contributed by atoms with van der Waals surface area (Å²) in [6.45, 7) is 2.43. The molecule has 1 heterocycles. The van der Waals surface area contributed by atoms with Crippen LogP contribution in [0, 0.1) is 6.92 Å². The van der Waals surface area contributed by atoms with E-state index in [1.807, 2.05) is 49.4 Å². The van der Waals surface area contributed by atoms with E-state index in [4.69, 9.17) is 17.4 Å². The minimum absolute atomic E-state index is 0.116. The van der Waals surface area contributed by atoms with Gasteiger partial charge in [-0.05, 0) is 24.6 Å². The Kier molecular flexibility index (Phi) is 5.80. The molecule has 0 aliphatic carbocycles. The minimum Gasteiger partial charge on any atom is -0.351 e. The molecular formula is C18H18ClN5OS. The molecule has 6 nitrogen and oxygen atoms in total. The molecule has 26 heavy (non-hydrogen) atoms. The maximum Gasteiger partial charge on any atom is 0.230 e. The molecular weight excluding hydrogens is 370 g/mol. The number of nitrogens with zero attached hydrogens (tertiary/aromatic N) is 3. The van der Waals surface area contributed by atoms with Gasteiger partial charge in [-0.3, -0.25) is 4.79 Å². The first kappa shape index (κ1) is 18.3. The van der Waals surface area contributed by atoms with Gasteiger partial charge < -0.3 is 11.2 Å². The number of halogens is 1. The van der Waals surface area contributed by atoms with Crippen molar-refractivity contribution < 1.29 is 4.79 Å². The van der Waals surface area contributed by atoms with Gasteiger partial charge in [0.15, 0.2) is 5.82 Å². The number of nitrogens with two attached hydrogens (primary N) is 1. The number of rotatable bonds is 6. The van der Waals surface area contributed by atoms with Gasteiger partial charge in [-0.1, -0.05) is 65.3 Å². The molecule has 0 saturated heterocycles. The Morgan fingerprint density at radius 1 is 1.23 bits per heavy atom. The number of aromatic nitrogens is 3. The second-order valence-electron chi connectivity index (χ2n) is 5.74. The molecule has 0 aliphatic rings. The van der Waals surface area contributed by atoms with Crippen LogP contribution in [0.25, 0.3) is 11.4 Å². The smallest absolute Gasteiger partial charge is 0.230 e. The summed E-state index contributed by atoms with van der Waals surface area (Å²) in [6.07, 6.45) is 0. The third-order valence-corrected chi connectivity index (χ3v) is 4.86. The van der Waals surface area contributed by atoms with Crippen molar-refractivity contribution in [3.63, 3.8) is 0 Å². The topological polar surface area (TPSA) is 85.8 Å². The Morgan fingerprint density at radius 2 is 2.00 bits per heavy atom. The Labute approximate surface area is 160 Å². The van der Waals surface area contributed by atoms with Crippen LogP contribution in [-0.4, -0.2) is 26.5 Å². The van der Waals surface area contributed by atoms with Crippen LogP contribution in [-0.2, 0) is 11.3 Å². The zero-order valence-corrected chi connectivity index (χ0v) is 15.7. The lowest BCUT2D eigenvalue weighted by Crippen LogP contribution is -2.25. The van der Waals surface area contributed by atoms with E-state index in [0.29, 0.717) is 22.5 Å². The van der Waals surface area contributed by atoms with Crippen LogP contribution in [0.5, 0.6) is 0 Å². The Balaban J connectivity index is 1.56. The van der Waals surface area contributed by atoms with Crippen molar-refractivity contribution in [2.75, 3.05) is 11.6 Å². The number of aryl methyl sites for hydroxylation is 1. The first-order chi connectivity index (χ1) is 12.5. The Bertz CT molecular complexity index is 910. The van der Waals surface area contributed by atoms with E-state index in [0.717, 1.165) is 16.7 Å². The van der Waals surface area contributed by atoms with Crippen LogP contribution >= 0.6 is 23.4 Å². The van der Waals surface area contributed by atoms with Crippen LogP contribution in [0.2, 0.25) is 5.02 Å². The summed E-state index contributed by atoms with van der Waals surface area (Å²) in [4.78, 5) is 12.0. The molecule has 8 heteroatoms. The highest BCUT2D eigenvalue weighted by Crippen LogP contribution is 2.21. The highest BCUT2D eigenvalue weighted by atomic mass is 35.5. The molecule has 1 aromatic heterocycles. The van der Waals surface area contributed by atoms with E-state index in [2.05, 4.69) is 15.5 Å².